The van der Waals surface area contributed by atoms with Gasteiger partial charge in [-0.15, -0.1) is 11.8 Å². The van der Waals surface area contributed by atoms with Gasteiger partial charge < -0.3 is 5.32 Å². The minimum atomic E-state index is -0.0873. The van der Waals surface area contributed by atoms with E-state index in [1.54, 1.807) is 11.8 Å². The topological polar surface area (TPSA) is 29.1 Å². The van der Waals surface area contributed by atoms with Crippen LogP contribution in [0.25, 0.3) is 0 Å². The number of benzene rings is 2. The van der Waals surface area contributed by atoms with Crippen LogP contribution in [0.5, 0.6) is 0 Å². The van der Waals surface area contributed by atoms with Crippen molar-refractivity contribution in [1.29, 1.82) is 0 Å². The minimum Gasteiger partial charge on any atom is -0.322 e. The normalized spacial score (nSPS) is 10.3. The molecule has 0 saturated carbocycles. The number of carbonyl (C=O) groups is 1. The summed E-state index contributed by atoms with van der Waals surface area (Å²) in [6.07, 6.45) is 2.03. The average molecular weight is 336 g/mol. The summed E-state index contributed by atoms with van der Waals surface area (Å²) in [5.41, 5.74) is 2.45. The highest BCUT2D eigenvalue weighted by atomic mass is 79.9. The summed E-state index contributed by atoms with van der Waals surface area (Å²) in [4.78, 5) is 13.4. The van der Waals surface area contributed by atoms with E-state index in [-0.39, 0.29) is 5.91 Å². The Bertz CT molecular complexity index is 596. The van der Waals surface area contributed by atoms with Gasteiger partial charge in [-0.2, -0.15) is 0 Å². The van der Waals surface area contributed by atoms with Crippen LogP contribution in [-0.2, 0) is 0 Å². The number of amides is 1. The van der Waals surface area contributed by atoms with Crippen molar-refractivity contribution in [3.05, 3.63) is 58.1 Å². The maximum Gasteiger partial charge on any atom is 0.255 e. The zero-order valence-electron chi connectivity index (χ0n) is 10.7. The number of thioether (sulfide) groups is 1. The van der Waals surface area contributed by atoms with E-state index in [0.717, 1.165) is 15.7 Å². The molecule has 0 aliphatic rings. The van der Waals surface area contributed by atoms with Gasteiger partial charge in [0.15, 0.2) is 0 Å². The standard InChI is InChI=1S/C15H14BrNOS/c1-10-3-4-11(16)9-14(10)15(18)17-12-5-7-13(19-2)8-6-12/h3-9H,1-2H3,(H,17,18). The van der Waals surface area contributed by atoms with Crippen LogP contribution < -0.4 is 5.32 Å². The molecule has 4 heteroatoms. The van der Waals surface area contributed by atoms with Crippen molar-refractivity contribution in [2.45, 2.75) is 11.8 Å². The molecule has 0 aliphatic heterocycles. The van der Waals surface area contributed by atoms with E-state index in [4.69, 9.17) is 0 Å². The molecule has 0 saturated heterocycles. The van der Waals surface area contributed by atoms with Crippen molar-refractivity contribution < 1.29 is 4.79 Å². The average Bonchev–Trinajstić information content (AvgIpc) is 2.42. The summed E-state index contributed by atoms with van der Waals surface area (Å²) in [5.74, 6) is -0.0873. The van der Waals surface area contributed by atoms with Gasteiger partial charge in [-0.3, -0.25) is 4.79 Å². The summed E-state index contributed by atoms with van der Waals surface area (Å²) in [6.45, 7) is 1.93. The summed E-state index contributed by atoms with van der Waals surface area (Å²) in [7, 11) is 0. The van der Waals surface area contributed by atoms with Crippen LogP contribution in [0.3, 0.4) is 0 Å². The molecule has 0 radical (unpaired) electrons. The van der Waals surface area contributed by atoms with E-state index in [1.165, 1.54) is 4.90 Å². The molecule has 0 fully saturated rings. The van der Waals surface area contributed by atoms with Crippen LogP contribution in [0.4, 0.5) is 5.69 Å². The van der Waals surface area contributed by atoms with Crippen molar-refractivity contribution in [3.8, 4) is 0 Å². The molecule has 1 N–H and O–H groups in total. The summed E-state index contributed by atoms with van der Waals surface area (Å²) in [6, 6.07) is 13.5. The highest BCUT2D eigenvalue weighted by molar-refractivity contribution is 9.10. The Morgan fingerprint density at radius 1 is 1.16 bits per heavy atom. The number of rotatable bonds is 3. The largest absolute Gasteiger partial charge is 0.322 e. The van der Waals surface area contributed by atoms with Gasteiger partial charge in [-0.25, -0.2) is 0 Å². The van der Waals surface area contributed by atoms with Gasteiger partial charge in [-0.1, -0.05) is 22.0 Å². The first-order chi connectivity index (χ1) is 9.10. The second kappa shape index (κ2) is 6.26. The summed E-state index contributed by atoms with van der Waals surface area (Å²) < 4.78 is 0.904. The first kappa shape index (κ1) is 14.2. The molecule has 2 aromatic rings. The zero-order valence-corrected chi connectivity index (χ0v) is 13.1. The first-order valence-electron chi connectivity index (χ1n) is 5.81. The number of aryl methyl sites for hydroxylation is 1. The summed E-state index contributed by atoms with van der Waals surface area (Å²) >= 11 is 5.06. The number of halogens is 1. The van der Waals surface area contributed by atoms with Crippen LogP contribution in [0.2, 0.25) is 0 Å². The highest BCUT2D eigenvalue weighted by Crippen LogP contribution is 2.20. The molecule has 0 heterocycles. The maximum atomic E-state index is 12.2. The monoisotopic (exact) mass is 335 g/mol. The number of hydrogen-bond donors (Lipinski definition) is 1. The molecule has 0 atom stereocenters. The Balaban J connectivity index is 2.18. The minimum absolute atomic E-state index is 0.0873. The second-order valence-corrected chi connectivity index (χ2v) is 5.94. The molecule has 1 amide bonds. The molecule has 0 aromatic heterocycles. The summed E-state index contributed by atoms with van der Waals surface area (Å²) in [5, 5.41) is 2.91. The van der Waals surface area contributed by atoms with E-state index in [1.807, 2.05) is 55.6 Å². The lowest BCUT2D eigenvalue weighted by Crippen LogP contribution is -2.13. The quantitative estimate of drug-likeness (QED) is 0.821. The molecule has 0 aliphatic carbocycles. The molecule has 98 valence electrons. The Morgan fingerprint density at radius 3 is 2.47 bits per heavy atom. The Labute approximate surface area is 125 Å². The van der Waals surface area contributed by atoms with Crippen molar-refractivity contribution in [2.75, 3.05) is 11.6 Å². The van der Waals surface area contributed by atoms with Crippen molar-refractivity contribution in [1.82, 2.24) is 0 Å². The lowest BCUT2D eigenvalue weighted by atomic mass is 10.1. The van der Waals surface area contributed by atoms with Gasteiger partial charge in [0.25, 0.3) is 5.91 Å². The number of nitrogens with one attached hydrogen (secondary N) is 1. The van der Waals surface area contributed by atoms with Crippen LogP contribution in [0.1, 0.15) is 15.9 Å². The van der Waals surface area contributed by atoms with Crippen molar-refractivity contribution >= 4 is 39.3 Å². The van der Waals surface area contributed by atoms with Gasteiger partial charge in [0.05, 0.1) is 0 Å². The highest BCUT2D eigenvalue weighted by Gasteiger charge is 2.09. The van der Waals surface area contributed by atoms with E-state index >= 15 is 0 Å². The van der Waals surface area contributed by atoms with Crippen LogP contribution in [-0.4, -0.2) is 12.2 Å². The molecule has 0 spiro atoms. The molecule has 2 aromatic carbocycles. The smallest absolute Gasteiger partial charge is 0.255 e. The Hall–Kier alpha value is -1.26. The molecular weight excluding hydrogens is 322 g/mol. The zero-order chi connectivity index (χ0) is 13.8. The van der Waals surface area contributed by atoms with Gasteiger partial charge >= 0.3 is 0 Å². The van der Waals surface area contributed by atoms with Gasteiger partial charge in [0.1, 0.15) is 0 Å². The lowest BCUT2D eigenvalue weighted by Gasteiger charge is -2.08. The fourth-order valence-corrected chi connectivity index (χ4v) is 2.48. The van der Waals surface area contributed by atoms with Crippen molar-refractivity contribution in [3.63, 3.8) is 0 Å². The van der Waals surface area contributed by atoms with Crippen LogP contribution in [0, 0.1) is 6.92 Å². The molecule has 0 unspecified atom stereocenters. The van der Waals surface area contributed by atoms with Gasteiger partial charge in [0, 0.05) is 20.6 Å². The fourth-order valence-electron chi connectivity index (χ4n) is 1.71. The fraction of sp³-hybridized carbons (Fsp3) is 0.133. The van der Waals surface area contributed by atoms with E-state index in [2.05, 4.69) is 21.2 Å². The van der Waals surface area contributed by atoms with E-state index in [0.29, 0.717) is 5.56 Å². The Morgan fingerprint density at radius 2 is 1.84 bits per heavy atom. The van der Waals surface area contributed by atoms with E-state index in [9.17, 15) is 4.79 Å². The van der Waals surface area contributed by atoms with Gasteiger partial charge in [0.2, 0.25) is 0 Å². The third kappa shape index (κ3) is 3.61. The van der Waals surface area contributed by atoms with Gasteiger partial charge in [-0.05, 0) is 55.1 Å². The van der Waals surface area contributed by atoms with Crippen molar-refractivity contribution in [2.24, 2.45) is 0 Å². The molecule has 2 nitrogen and oxygen atoms in total. The van der Waals surface area contributed by atoms with Crippen LogP contribution >= 0.6 is 27.7 Å². The SMILES string of the molecule is CSc1ccc(NC(=O)c2cc(Br)ccc2C)cc1. The second-order valence-electron chi connectivity index (χ2n) is 4.14. The third-order valence-corrected chi connectivity index (χ3v) is 4.03. The molecule has 19 heavy (non-hydrogen) atoms. The van der Waals surface area contributed by atoms with E-state index < -0.39 is 0 Å². The molecule has 0 bridgehead atoms. The number of anilines is 1. The first-order valence-corrected chi connectivity index (χ1v) is 7.83. The maximum absolute atomic E-state index is 12.2. The number of hydrogen-bond acceptors (Lipinski definition) is 2. The Kier molecular flexibility index (Phi) is 4.66. The predicted molar refractivity (Wildman–Crippen MR) is 85.1 cm³/mol. The third-order valence-electron chi connectivity index (χ3n) is 2.79. The van der Waals surface area contributed by atoms with Crippen LogP contribution in [0.15, 0.2) is 51.8 Å². The number of carbonyl (C=O) groups excluding carboxylic acids is 1. The molecule has 2 rings (SSSR count). The molecular formula is C15H14BrNOS. The lowest BCUT2D eigenvalue weighted by molar-refractivity contribution is 0.102. The predicted octanol–water partition coefficient (Wildman–Crippen LogP) is 4.73.